The molecule has 1 amide bonds. The summed E-state index contributed by atoms with van der Waals surface area (Å²) in [4.78, 5) is 11.9. The van der Waals surface area contributed by atoms with Crippen LogP contribution in [0, 0.1) is 23.7 Å². The van der Waals surface area contributed by atoms with Crippen LogP contribution in [0.15, 0.2) is 0 Å². The Bertz CT molecular complexity index is 292. The monoisotopic (exact) mass is 264 g/mol. The summed E-state index contributed by atoms with van der Waals surface area (Å²) >= 11 is 0. The fraction of sp³-hybridized carbons (Fsp3) is 0.938. The van der Waals surface area contributed by atoms with Crippen molar-refractivity contribution in [1.82, 2.24) is 10.6 Å². The number of carbonyl (C=O) groups excluding carboxylic acids is 1. The van der Waals surface area contributed by atoms with Crippen molar-refractivity contribution in [2.45, 2.75) is 51.4 Å². The molecule has 0 aromatic rings. The minimum Gasteiger partial charge on any atom is -0.356 e. The molecule has 0 aromatic carbocycles. The lowest BCUT2D eigenvalue weighted by atomic mass is 9.93. The predicted molar refractivity (Wildman–Crippen MR) is 76.8 cm³/mol. The Hall–Kier alpha value is -0.570. The summed E-state index contributed by atoms with van der Waals surface area (Å²) in [7, 11) is 0. The van der Waals surface area contributed by atoms with Crippen molar-refractivity contribution in [1.29, 1.82) is 0 Å². The second-order valence-corrected chi connectivity index (χ2v) is 6.87. The molecule has 3 heteroatoms. The Morgan fingerprint density at radius 3 is 2.26 bits per heavy atom. The lowest BCUT2D eigenvalue weighted by Crippen LogP contribution is -2.32. The molecule has 2 N–H and O–H groups in total. The number of hydrogen-bond acceptors (Lipinski definition) is 2. The fourth-order valence-corrected chi connectivity index (χ4v) is 3.59. The van der Waals surface area contributed by atoms with E-state index in [-0.39, 0.29) is 0 Å². The fourth-order valence-electron chi connectivity index (χ4n) is 3.59. The quantitative estimate of drug-likeness (QED) is 0.741. The highest BCUT2D eigenvalue weighted by Gasteiger charge is 2.41. The van der Waals surface area contributed by atoms with Crippen LogP contribution < -0.4 is 10.6 Å². The second-order valence-electron chi connectivity index (χ2n) is 6.87. The third-order valence-electron chi connectivity index (χ3n) is 5.23. The second kappa shape index (κ2) is 6.25. The van der Waals surface area contributed by atoms with E-state index in [9.17, 15) is 4.79 Å². The van der Waals surface area contributed by atoms with E-state index < -0.39 is 0 Å². The largest absolute Gasteiger partial charge is 0.356 e. The molecule has 0 radical (unpaired) electrons. The highest BCUT2D eigenvalue weighted by Crippen LogP contribution is 2.48. The van der Waals surface area contributed by atoms with Gasteiger partial charge in [-0.25, -0.2) is 0 Å². The molecule has 0 aromatic heterocycles. The first-order valence-electron chi connectivity index (χ1n) is 8.30. The minimum absolute atomic E-state index is 0.296. The van der Waals surface area contributed by atoms with Crippen LogP contribution in [0.3, 0.4) is 0 Å². The van der Waals surface area contributed by atoms with Crippen molar-refractivity contribution in [3.8, 4) is 0 Å². The third-order valence-corrected chi connectivity index (χ3v) is 5.23. The van der Waals surface area contributed by atoms with Gasteiger partial charge in [0, 0.05) is 13.0 Å². The molecule has 19 heavy (non-hydrogen) atoms. The Morgan fingerprint density at radius 1 is 1.05 bits per heavy atom. The van der Waals surface area contributed by atoms with E-state index >= 15 is 0 Å². The average molecular weight is 264 g/mol. The summed E-state index contributed by atoms with van der Waals surface area (Å²) in [5.41, 5.74) is 0. The summed E-state index contributed by atoms with van der Waals surface area (Å²) in [5.74, 6) is 3.76. The first kappa shape index (κ1) is 13.4. The minimum atomic E-state index is 0.296. The van der Waals surface area contributed by atoms with Gasteiger partial charge in [0.05, 0.1) is 0 Å². The van der Waals surface area contributed by atoms with Gasteiger partial charge in [-0.1, -0.05) is 0 Å². The molecular weight excluding hydrogens is 236 g/mol. The van der Waals surface area contributed by atoms with Crippen molar-refractivity contribution < 1.29 is 4.79 Å². The van der Waals surface area contributed by atoms with Gasteiger partial charge in [-0.05, 0) is 81.7 Å². The van der Waals surface area contributed by atoms with Crippen molar-refractivity contribution in [3.63, 3.8) is 0 Å². The van der Waals surface area contributed by atoms with Gasteiger partial charge in [0.15, 0.2) is 0 Å². The Labute approximate surface area is 116 Å². The average Bonchev–Trinajstić information content (AvgIpc) is 3.30. The standard InChI is InChI=1S/C16H28N2O/c19-16(6-1-12-7-9-17-10-8-12)18-11-15(13-2-3-13)14-4-5-14/h12-15,17H,1-11H2,(H,18,19). The first-order chi connectivity index (χ1) is 9.33. The van der Waals surface area contributed by atoms with Crippen molar-refractivity contribution in [3.05, 3.63) is 0 Å². The number of carbonyl (C=O) groups is 1. The zero-order valence-electron chi connectivity index (χ0n) is 12.0. The molecule has 0 spiro atoms. The predicted octanol–water partition coefficient (Wildman–Crippen LogP) is 2.32. The maximum atomic E-state index is 11.9. The maximum absolute atomic E-state index is 11.9. The highest BCUT2D eigenvalue weighted by molar-refractivity contribution is 5.75. The van der Waals surface area contributed by atoms with E-state index in [1.54, 1.807) is 0 Å². The molecule has 3 aliphatic rings. The molecule has 1 saturated heterocycles. The zero-order valence-corrected chi connectivity index (χ0v) is 12.0. The van der Waals surface area contributed by atoms with Crippen LogP contribution in [0.4, 0.5) is 0 Å². The van der Waals surface area contributed by atoms with E-state index in [1.165, 1.54) is 38.5 Å². The van der Waals surface area contributed by atoms with E-state index in [1.807, 2.05) is 0 Å². The molecule has 3 fully saturated rings. The summed E-state index contributed by atoms with van der Waals surface area (Å²) in [5, 5.41) is 6.59. The summed E-state index contributed by atoms with van der Waals surface area (Å²) in [6.45, 7) is 3.23. The smallest absolute Gasteiger partial charge is 0.220 e. The van der Waals surface area contributed by atoms with Crippen LogP contribution in [-0.2, 0) is 4.79 Å². The van der Waals surface area contributed by atoms with Gasteiger partial charge in [-0.15, -0.1) is 0 Å². The van der Waals surface area contributed by atoms with E-state index in [0.29, 0.717) is 5.91 Å². The molecule has 3 rings (SSSR count). The molecule has 2 aliphatic carbocycles. The van der Waals surface area contributed by atoms with Crippen molar-refractivity contribution in [2.24, 2.45) is 23.7 Å². The Morgan fingerprint density at radius 2 is 1.68 bits per heavy atom. The molecule has 0 atom stereocenters. The normalized spacial score (nSPS) is 24.7. The van der Waals surface area contributed by atoms with Crippen molar-refractivity contribution >= 4 is 5.91 Å². The van der Waals surface area contributed by atoms with Crippen LogP contribution in [0.1, 0.15) is 51.4 Å². The van der Waals surface area contributed by atoms with Crippen LogP contribution >= 0.6 is 0 Å². The van der Waals surface area contributed by atoms with E-state index in [0.717, 1.165) is 56.1 Å². The van der Waals surface area contributed by atoms with Crippen LogP contribution in [0.5, 0.6) is 0 Å². The van der Waals surface area contributed by atoms with Crippen LogP contribution in [0.25, 0.3) is 0 Å². The number of amides is 1. The topological polar surface area (TPSA) is 41.1 Å². The van der Waals surface area contributed by atoms with E-state index in [2.05, 4.69) is 10.6 Å². The SMILES string of the molecule is O=C(CCC1CCNCC1)NCC(C1CC1)C1CC1. The van der Waals surface area contributed by atoms with Gasteiger partial charge in [0.2, 0.25) is 5.91 Å². The lowest BCUT2D eigenvalue weighted by molar-refractivity contribution is -0.121. The molecule has 1 aliphatic heterocycles. The molecule has 108 valence electrons. The molecule has 2 saturated carbocycles. The van der Waals surface area contributed by atoms with Gasteiger partial charge >= 0.3 is 0 Å². The molecule has 1 heterocycles. The number of hydrogen-bond donors (Lipinski definition) is 2. The lowest BCUT2D eigenvalue weighted by Gasteiger charge is -2.22. The number of nitrogens with one attached hydrogen (secondary N) is 2. The molecule has 0 unspecified atom stereocenters. The van der Waals surface area contributed by atoms with Gasteiger partial charge in [-0.3, -0.25) is 4.79 Å². The molecule has 0 bridgehead atoms. The zero-order chi connectivity index (χ0) is 13.1. The first-order valence-corrected chi connectivity index (χ1v) is 8.30. The summed E-state index contributed by atoms with van der Waals surface area (Å²) < 4.78 is 0. The van der Waals surface area contributed by atoms with Crippen LogP contribution in [0.2, 0.25) is 0 Å². The summed E-state index contributed by atoms with van der Waals surface area (Å²) in [6.07, 6.45) is 9.97. The Kier molecular flexibility index (Phi) is 4.42. The highest BCUT2D eigenvalue weighted by atomic mass is 16.1. The van der Waals surface area contributed by atoms with Gasteiger partial charge in [0.25, 0.3) is 0 Å². The Balaban J connectivity index is 1.31. The summed E-state index contributed by atoms with van der Waals surface area (Å²) in [6, 6.07) is 0. The van der Waals surface area contributed by atoms with Crippen molar-refractivity contribution in [2.75, 3.05) is 19.6 Å². The number of piperidine rings is 1. The van der Waals surface area contributed by atoms with Gasteiger partial charge in [0.1, 0.15) is 0 Å². The van der Waals surface area contributed by atoms with E-state index in [4.69, 9.17) is 0 Å². The van der Waals surface area contributed by atoms with Gasteiger partial charge in [-0.2, -0.15) is 0 Å². The maximum Gasteiger partial charge on any atom is 0.220 e. The molecular formula is C16H28N2O. The van der Waals surface area contributed by atoms with Gasteiger partial charge < -0.3 is 10.6 Å². The molecule has 3 nitrogen and oxygen atoms in total. The number of rotatable bonds is 7. The van der Waals surface area contributed by atoms with Crippen LogP contribution in [-0.4, -0.2) is 25.5 Å². The third kappa shape index (κ3) is 4.20.